The van der Waals surface area contributed by atoms with E-state index in [0.29, 0.717) is 24.1 Å². The number of aliphatic imine (C=N–C) groups is 1. The molecule has 0 aromatic heterocycles. The van der Waals surface area contributed by atoms with E-state index < -0.39 is 5.97 Å². The number of nitrogens with zero attached hydrogens (tertiary/aromatic N) is 2. The standard InChI is InChI=1S/C24H28N2O3.C4H10.2C2H6/c1-6-10-26-15-22(24(28)29)23(27)13-19(7-2)17(4)12-18(5)21-11-16(3)8-9-20(21)14-25;1-4(2)3;2*1-2/h8-9,11-13,15,27H,5-7,10H2,1-4H3,(H,28,29);4H,1-3H3;2*1-2H3/b17-12+,19-13+,23-22-,26-15?;;;. The van der Waals surface area contributed by atoms with Gasteiger partial charge in [0.05, 0.1) is 11.6 Å². The molecule has 0 aliphatic heterocycles. The minimum atomic E-state index is -1.24. The number of aliphatic hydroxyl groups excluding tert-OH is 1. The number of carboxylic acids is 1. The van der Waals surface area contributed by atoms with Gasteiger partial charge in [-0.05, 0) is 67.0 Å². The monoisotopic (exact) mass is 510 g/mol. The Labute approximate surface area is 226 Å². The molecule has 1 rings (SSSR count). The molecule has 5 heteroatoms. The van der Waals surface area contributed by atoms with Gasteiger partial charge in [0.15, 0.2) is 0 Å². The lowest BCUT2D eigenvalue weighted by molar-refractivity contribution is -0.132. The summed E-state index contributed by atoms with van der Waals surface area (Å²) in [6.07, 6.45) is 5.84. The maximum absolute atomic E-state index is 11.4. The Bertz CT molecular complexity index is 985. The Morgan fingerprint density at radius 2 is 1.65 bits per heavy atom. The summed E-state index contributed by atoms with van der Waals surface area (Å²) in [7, 11) is 0. The molecule has 0 atom stereocenters. The van der Waals surface area contributed by atoms with Crippen LogP contribution in [0.3, 0.4) is 0 Å². The van der Waals surface area contributed by atoms with Crippen LogP contribution in [0.15, 0.2) is 64.4 Å². The third kappa shape index (κ3) is 16.8. The predicted molar refractivity (Wildman–Crippen MR) is 161 cm³/mol. The molecule has 0 heterocycles. The molecule has 0 aliphatic carbocycles. The molecule has 206 valence electrons. The van der Waals surface area contributed by atoms with Crippen molar-refractivity contribution in [1.29, 1.82) is 5.26 Å². The number of rotatable bonds is 9. The third-order valence-corrected chi connectivity index (χ3v) is 4.31. The van der Waals surface area contributed by atoms with Crippen molar-refractivity contribution in [2.75, 3.05) is 6.54 Å². The minimum absolute atomic E-state index is 0.249. The van der Waals surface area contributed by atoms with E-state index in [-0.39, 0.29) is 11.3 Å². The zero-order valence-electron chi connectivity index (χ0n) is 25.1. The lowest BCUT2D eigenvalue weighted by atomic mass is 9.95. The van der Waals surface area contributed by atoms with Gasteiger partial charge in [-0.3, -0.25) is 4.99 Å². The average Bonchev–Trinajstić information content (AvgIpc) is 2.86. The Hall–Kier alpha value is -3.39. The first-order chi connectivity index (χ1) is 17.5. The van der Waals surface area contributed by atoms with Crippen LogP contribution in [0.4, 0.5) is 0 Å². The van der Waals surface area contributed by atoms with Gasteiger partial charge in [0.2, 0.25) is 0 Å². The maximum atomic E-state index is 11.4. The van der Waals surface area contributed by atoms with Crippen LogP contribution >= 0.6 is 0 Å². The number of carbonyl (C=O) groups is 1. The van der Waals surface area contributed by atoms with E-state index in [1.165, 1.54) is 12.3 Å². The predicted octanol–water partition coefficient (Wildman–Crippen LogP) is 9.25. The zero-order valence-corrected chi connectivity index (χ0v) is 25.1. The van der Waals surface area contributed by atoms with Gasteiger partial charge in [-0.1, -0.05) is 92.7 Å². The molecule has 0 aliphatic rings. The van der Waals surface area contributed by atoms with Gasteiger partial charge in [0, 0.05) is 12.8 Å². The third-order valence-electron chi connectivity index (χ3n) is 4.31. The van der Waals surface area contributed by atoms with Crippen LogP contribution in [0.5, 0.6) is 0 Å². The van der Waals surface area contributed by atoms with Crippen molar-refractivity contribution in [3.8, 4) is 6.07 Å². The van der Waals surface area contributed by atoms with Crippen molar-refractivity contribution in [1.82, 2.24) is 0 Å². The van der Waals surface area contributed by atoms with Crippen LogP contribution in [0, 0.1) is 24.2 Å². The van der Waals surface area contributed by atoms with Gasteiger partial charge in [0.1, 0.15) is 11.3 Å². The second-order valence-corrected chi connectivity index (χ2v) is 8.41. The van der Waals surface area contributed by atoms with Crippen molar-refractivity contribution in [2.45, 2.75) is 89.0 Å². The van der Waals surface area contributed by atoms with E-state index in [2.05, 4.69) is 38.4 Å². The summed E-state index contributed by atoms with van der Waals surface area (Å²) < 4.78 is 0. The smallest absolute Gasteiger partial charge is 0.341 e. The highest BCUT2D eigenvalue weighted by Crippen LogP contribution is 2.25. The van der Waals surface area contributed by atoms with Crippen LogP contribution in [0.2, 0.25) is 0 Å². The highest BCUT2D eigenvalue weighted by molar-refractivity contribution is 6.09. The van der Waals surface area contributed by atoms with E-state index in [9.17, 15) is 20.3 Å². The minimum Gasteiger partial charge on any atom is -0.507 e. The molecule has 5 nitrogen and oxygen atoms in total. The van der Waals surface area contributed by atoms with Crippen molar-refractivity contribution in [3.63, 3.8) is 0 Å². The summed E-state index contributed by atoms with van der Waals surface area (Å²) in [5.41, 5.74) is 4.32. The number of nitriles is 1. The van der Waals surface area contributed by atoms with Crippen LogP contribution in [-0.4, -0.2) is 28.9 Å². The molecule has 0 amide bonds. The van der Waals surface area contributed by atoms with Gasteiger partial charge in [0.25, 0.3) is 0 Å². The fraction of sp³-hybridized carbons (Fsp3) is 0.469. The van der Waals surface area contributed by atoms with Gasteiger partial charge in [-0.15, -0.1) is 0 Å². The number of aliphatic carboxylic acids is 1. The van der Waals surface area contributed by atoms with E-state index in [0.717, 1.165) is 34.6 Å². The Balaban J connectivity index is -0.00000128. The van der Waals surface area contributed by atoms with Gasteiger partial charge < -0.3 is 10.2 Å². The number of allylic oxidation sites excluding steroid dienone is 5. The molecular formula is C32H50N2O3. The fourth-order valence-electron chi connectivity index (χ4n) is 2.71. The lowest BCUT2D eigenvalue weighted by Gasteiger charge is -2.10. The van der Waals surface area contributed by atoms with Gasteiger partial charge in [-0.25, -0.2) is 4.79 Å². The summed E-state index contributed by atoms with van der Waals surface area (Å²) >= 11 is 0. The number of aliphatic hydroxyl groups is 1. The largest absolute Gasteiger partial charge is 0.507 e. The number of hydrogen-bond donors (Lipinski definition) is 2. The molecule has 1 aromatic carbocycles. The topological polar surface area (TPSA) is 93.7 Å². The van der Waals surface area contributed by atoms with Crippen LogP contribution in [0.25, 0.3) is 5.57 Å². The number of benzene rings is 1. The average molecular weight is 511 g/mol. The highest BCUT2D eigenvalue weighted by Gasteiger charge is 2.12. The summed E-state index contributed by atoms with van der Waals surface area (Å²) in [4.78, 5) is 15.5. The van der Waals surface area contributed by atoms with E-state index in [1.54, 1.807) is 6.07 Å². The summed E-state index contributed by atoms with van der Waals surface area (Å²) in [5, 5.41) is 29.0. The lowest BCUT2D eigenvalue weighted by Crippen LogP contribution is -2.06. The first-order valence-electron chi connectivity index (χ1n) is 13.2. The molecule has 0 saturated heterocycles. The summed E-state index contributed by atoms with van der Waals surface area (Å²) in [6.45, 7) is 26.7. The van der Waals surface area contributed by atoms with E-state index >= 15 is 0 Å². The quantitative estimate of drug-likeness (QED) is 0.150. The highest BCUT2D eigenvalue weighted by atomic mass is 16.4. The Kier molecular flexibility index (Phi) is 23.7. The number of aryl methyl sites for hydroxylation is 1. The second kappa shape index (κ2) is 23.0. The fourth-order valence-corrected chi connectivity index (χ4v) is 2.71. The van der Waals surface area contributed by atoms with Crippen LogP contribution < -0.4 is 0 Å². The van der Waals surface area contributed by atoms with Crippen LogP contribution in [0.1, 0.15) is 98.8 Å². The van der Waals surface area contributed by atoms with Crippen molar-refractivity contribution < 1.29 is 15.0 Å². The summed E-state index contributed by atoms with van der Waals surface area (Å²) in [5.74, 6) is -0.751. The number of hydrogen-bond acceptors (Lipinski definition) is 4. The Morgan fingerprint density at radius 3 is 2.08 bits per heavy atom. The molecule has 0 radical (unpaired) electrons. The normalized spacial score (nSPS) is 11.6. The Morgan fingerprint density at radius 1 is 1.11 bits per heavy atom. The van der Waals surface area contributed by atoms with Gasteiger partial charge >= 0.3 is 5.97 Å². The van der Waals surface area contributed by atoms with Crippen molar-refractivity contribution >= 4 is 17.8 Å². The number of carboxylic acid groups (broad SMARTS) is 1. The van der Waals surface area contributed by atoms with E-state index in [1.807, 2.05) is 73.6 Å². The molecule has 0 spiro atoms. The maximum Gasteiger partial charge on any atom is 0.341 e. The SMILES string of the molecule is C=C(/C=C(C)/C(=C/C(O)=C(\C=NCCC)C(=O)O)CC)c1cc(C)ccc1C#N.CC.CC.CC(C)C. The molecule has 0 bridgehead atoms. The molecule has 1 aromatic rings. The molecular weight excluding hydrogens is 460 g/mol. The molecule has 0 fully saturated rings. The molecule has 2 N–H and O–H groups in total. The van der Waals surface area contributed by atoms with Crippen LogP contribution in [-0.2, 0) is 4.79 Å². The molecule has 37 heavy (non-hydrogen) atoms. The first kappa shape index (κ1) is 38.1. The molecule has 0 saturated carbocycles. The first-order valence-corrected chi connectivity index (χ1v) is 13.2. The zero-order chi connectivity index (χ0) is 29.6. The van der Waals surface area contributed by atoms with Crippen molar-refractivity contribution in [2.24, 2.45) is 10.9 Å². The van der Waals surface area contributed by atoms with Crippen molar-refractivity contribution in [3.05, 3.63) is 76.1 Å². The molecule has 0 unspecified atom stereocenters. The summed E-state index contributed by atoms with van der Waals surface area (Å²) in [6, 6.07) is 7.72. The van der Waals surface area contributed by atoms with Gasteiger partial charge in [-0.2, -0.15) is 5.26 Å². The second-order valence-electron chi connectivity index (χ2n) is 8.41. The van der Waals surface area contributed by atoms with E-state index in [4.69, 9.17) is 0 Å².